The van der Waals surface area contributed by atoms with E-state index in [4.69, 9.17) is 11.6 Å². The fraction of sp³-hybridized carbons (Fsp3) is 0.0526. The van der Waals surface area contributed by atoms with Crippen molar-refractivity contribution < 1.29 is 4.39 Å². The first kappa shape index (κ1) is 16.9. The summed E-state index contributed by atoms with van der Waals surface area (Å²) < 4.78 is 13.1. The molecule has 25 heavy (non-hydrogen) atoms. The molecule has 0 fully saturated rings. The van der Waals surface area contributed by atoms with Crippen molar-refractivity contribution in [1.82, 2.24) is 9.97 Å². The molecule has 0 atom stereocenters. The van der Waals surface area contributed by atoms with Crippen LogP contribution in [0.25, 0.3) is 11.1 Å². The van der Waals surface area contributed by atoms with Crippen LogP contribution < -0.4 is 0 Å². The second kappa shape index (κ2) is 7.77. The van der Waals surface area contributed by atoms with Crippen molar-refractivity contribution in [2.24, 2.45) is 9.98 Å². The van der Waals surface area contributed by atoms with Crippen molar-refractivity contribution in [3.8, 4) is 11.1 Å². The van der Waals surface area contributed by atoms with E-state index in [2.05, 4.69) is 26.7 Å². The number of rotatable bonds is 5. The van der Waals surface area contributed by atoms with E-state index in [1.54, 1.807) is 36.8 Å². The average Bonchev–Trinajstić information content (AvgIpc) is 2.67. The van der Waals surface area contributed by atoms with Crippen LogP contribution in [0.4, 0.5) is 10.1 Å². The third-order valence-corrected chi connectivity index (χ3v) is 3.89. The normalized spacial score (nSPS) is 11.4. The van der Waals surface area contributed by atoms with Gasteiger partial charge >= 0.3 is 0 Å². The summed E-state index contributed by atoms with van der Waals surface area (Å²) in [5, 5.41) is 0.303. The molecular formula is C19H14ClFN4. The van der Waals surface area contributed by atoms with Gasteiger partial charge in [-0.05, 0) is 42.1 Å². The minimum atomic E-state index is -0.281. The predicted octanol–water partition coefficient (Wildman–Crippen LogP) is 4.80. The first-order valence-electron chi connectivity index (χ1n) is 7.49. The fourth-order valence-corrected chi connectivity index (χ4v) is 2.52. The Morgan fingerprint density at radius 1 is 1.08 bits per heavy atom. The van der Waals surface area contributed by atoms with Crippen molar-refractivity contribution >= 4 is 29.2 Å². The molecule has 0 saturated carbocycles. The Morgan fingerprint density at radius 2 is 1.84 bits per heavy atom. The zero-order chi connectivity index (χ0) is 17.6. The van der Waals surface area contributed by atoms with Crippen LogP contribution in [0.5, 0.6) is 0 Å². The van der Waals surface area contributed by atoms with E-state index in [1.165, 1.54) is 12.1 Å². The average molecular weight is 353 g/mol. The summed E-state index contributed by atoms with van der Waals surface area (Å²) in [6.07, 6.45) is 4.83. The molecule has 6 heteroatoms. The molecule has 2 aromatic carbocycles. The van der Waals surface area contributed by atoms with E-state index in [0.29, 0.717) is 28.7 Å². The van der Waals surface area contributed by atoms with Crippen LogP contribution in [0.2, 0.25) is 0 Å². The van der Waals surface area contributed by atoms with E-state index in [-0.39, 0.29) is 5.82 Å². The van der Waals surface area contributed by atoms with Gasteiger partial charge < -0.3 is 0 Å². The second-order valence-corrected chi connectivity index (χ2v) is 5.56. The number of benzene rings is 2. The third-order valence-electron chi connectivity index (χ3n) is 3.56. The van der Waals surface area contributed by atoms with Crippen molar-refractivity contribution in [3.05, 3.63) is 78.1 Å². The summed E-state index contributed by atoms with van der Waals surface area (Å²) in [5.74, 6) is -0.281. The molecule has 0 aliphatic heterocycles. The molecule has 4 nitrogen and oxygen atoms in total. The third kappa shape index (κ3) is 4.14. The van der Waals surface area contributed by atoms with E-state index < -0.39 is 0 Å². The molecule has 0 spiro atoms. The van der Waals surface area contributed by atoms with Gasteiger partial charge in [-0.15, -0.1) is 0 Å². The van der Waals surface area contributed by atoms with Gasteiger partial charge in [0.25, 0.3) is 0 Å². The number of hydrogen-bond acceptors (Lipinski definition) is 4. The molecule has 0 N–H and O–H groups in total. The van der Waals surface area contributed by atoms with E-state index in [1.807, 2.05) is 12.1 Å². The Labute approximate surface area is 149 Å². The van der Waals surface area contributed by atoms with Gasteiger partial charge in [0.2, 0.25) is 0 Å². The molecule has 0 aliphatic carbocycles. The molecule has 0 bridgehead atoms. The summed E-state index contributed by atoms with van der Waals surface area (Å²) >= 11 is 6.38. The smallest absolute Gasteiger partial charge is 0.133 e. The lowest BCUT2D eigenvalue weighted by Gasteiger charge is -2.08. The molecule has 0 unspecified atom stereocenters. The summed E-state index contributed by atoms with van der Waals surface area (Å²) in [4.78, 5) is 16.5. The standard InChI is InChI=1S/C19H14ClFN4/c1-22-18-7-4-14(13-2-5-15(21)6-3-13)10-17(18)19(20)25-12-16-11-23-8-9-24-16/h2-11H,1,12H2. The summed E-state index contributed by atoms with van der Waals surface area (Å²) in [7, 11) is 0. The number of nitrogens with zero attached hydrogens (tertiary/aromatic N) is 4. The molecule has 124 valence electrons. The number of aromatic nitrogens is 2. The van der Waals surface area contributed by atoms with E-state index in [0.717, 1.165) is 11.1 Å². The van der Waals surface area contributed by atoms with E-state index in [9.17, 15) is 4.39 Å². The highest BCUT2D eigenvalue weighted by molar-refractivity contribution is 6.70. The summed E-state index contributed by atoms with van der Waals surface area (Å²) in [5.41, 5.74) is 3.75. The zero-order valence-electron chi connectivity index (χ0n) is 13.2. The Bertz CT molecular complexity index is 908. The quantitative estimate of drug-likeness (QED) is 0.619. The van der Waals surface area contributed by atoms with Gasteiger partial charge in [-0.1, -0.05) is 29.8 Å². The highest BCUT2D eigenvalue weighted by Crippen LogP contribution is 2.28. The zero-order valence-corrected chi connectivity index (χ0v) is 14.0. The van der Waals surface area contributed by atoms with Gasteiger partial charge in [-0.2, -0.15) is 0 Å². The maximum Gasteiger partial charge on any atom is 0.133 e. The summed E-state index contributed by atoms with van der Waals surface area (Å²) in [6.45, 7) is 3.88. The number of aliphatic imine (C=N–C) groups is 2. The van der Waals surface area contributed by atoms with Crippen molar-refractivity contribution in [2.45, 2.75) is 6.54 Å². The van der Waals surface area contributed by atoms with Crippen molar-refractivity contribution in [3.63, 3.8) is 0 Å². The maximum atomic E-state index is 13.1. The largest absolute Gasteiger partial charge is 0.266 e. The molecule has 1 heterocycles. The van der Waals surface area contributed by atoms with Gasteiger partial charge in [-0.3, -0.25) is 20.0 Å². The lowest BCUT2D eigenvalue weighted by Crippen LogP contribution is -1.96. The molecule has 0 saturated heterocycles. The van der Waals surface area contributed by atoms with Crippen LogP contribution in [0.15, 0.2) is 71.0 Å². The topological polar surface area (TPSA) is 50.5 Å². The molecule has 0 radical (unpaired) electrons. The number of hydrogen-bond donors (Lipinski definition) is 0. The first-order chi connectivity index (χ1) is 12.2. The molecule has 1 aromatic heterocycles. The molecule has 3 aromatic rings. The van der Waals surface area contributed by atoms with Crippen LogP contribution in [0.1, 0.15) is 11.3 Å². The highest BCUT2D eigenvalue weighted by Gasteiger charge is 2.09. The van der Waals surface area contributed by atoms with Crippen molar-refractivity contribution in [1.29, 1.82) is 0 Å². The van der Waals surface area contributed by atoms with Crippen LogP contribution in [0.3, 0.4) is 0 Å². The van der Waals surface area contributed by atoms with E-state index >= 15 is 0 Å². The monoisotopic (exact) mass is 352 g/mol. The van der Waals surface area contributed by atoms with Crippen LogP contribution in [-0.2, 0) is 6.54 Å². The lowest BCUT2D eigenvalue weighted by atomic mass is 10.0. The van der Waals surface area contributed by atoms with Crippen LogP contribution in [-0.4, -0.2) is 21.9 Å². The molecular weight excluding hydrogens is 339 g/mol. The minimum absolute atomic E-state index is 0.281. The van der Waals surface area contributed by atoms with Gasteiger partial charge in [0.1, 0.15) is 11.0 Å². The van der Waals surface area contributed by atoms with Gasteiger partial charge in [0.05, 0.1) is 24.1 Å². The van der Waals surface area contributed by atoms with Crippen molar-refractivity contribution in [2.75, 3.05) is 0 Å². The number of halogens is 2. The maximum absolute atomic E-state index is 13.1. The highest BCUT2D eigenvalue weighted by atomic mass is 35.5. The Kier molecular flexibility index (Phi) is 5.26. The minimum Gasteiger partial charge on any atom is -0.266 e. The second-order valence-electron chi connectivity index (χ2n) is 5.20. The summed E-state index contributed by atoms with van der Waals surface area (Å²) in [6, 6.07) is 11.8. The van der Waals surface area contributed by atoms with Gasteiger partial charge in [-0.25, -0.2) is 4.39 Å². The molecule has 0 amide bonds. The SMILES string of the molecule is C=Nc1ccc(-c2ccc(F)cc2)cc1C(Cl)=NCc1cnccn1. The predicted molar refractivity (Wildman–Crippen MR) is 99.2 cm³/mol. The lowest BCUT2D eigenvalue weighted by molar-refractivity contribution is 0.628. The molecule has 0 aliphatic rings. The Balaban J connectivity index is 1.94. The van der Waals surface area contributed by atoms with Gasteiger partial charge in [0, 0.05) is 18.0 Å². The Hall–Kier alpha value is -2.92. The Morgan fingerprint density at radius 3 is 2.52 bits per heavy atom. The first-order valence-corrected chi connectivity index (χ1v) is 7.87. The van der Waals surface area contributed by atoms with Gasteiger partial charge in [0.15, 0.2) is 0 Å². The molecule has 3 rings (SSSR count). The fourth-order valence-electron chi connectivity index (χ4n) is 2.31. The van der Waals surface area contributed by atoms with Crippen LogP contribution in [0, 0.1) is 5.82 Å². The van der Waals surface area contributed by atoms with Crippen LogP contribution >= 0.6 is 11.6 Å².